The quantitative estimate of drug-likeness (QED) is 0.492. The molecule has 1 rings (SSSR count). The van der Waals surface area contributed by atoms with Crippen LogP contribution in [0.4, 0.5) is 0 Å². The number of ether oxygens (including phenoxy) is 1. The van der Waals surface area contributed by atoms with Gasteiger partial charge in [-0.15, -0.1) is 0 Å². The molecule has 17 heavy (non-hydrogen) atoms. The Balaban J connectivity index is 2.59. The molecule has 0 amide bonds. The maximum atomic E-state index is 6.49. The van der Waals surface area contributed by atoms with Gasteiger partial charge in [-0.3, -0.25) is 0 Å². The summed E-state index contributed by atoms with van der Waals surface area (Å²) in [6.45, 7) is 6.85. The highest BCUT2D eigenvalue weighted by Gasteiger charge is 2.35. The van der Waals surface area contributed by atoms with Crippen LogP contribution < -0.4 is 0 Å². The predicted molar refractivity (Wildman–Crippen MR) is 75.7 cm³/mol. The molecule has 0 spiro atoms. The number of rotatable bonds is 7. The first kappa shape index (κ1) is 15.2. The van der Waals surface area contributed by atoms with Crippen molar-refractivity contribution < 1.29 is 9.16 Å². The lowest BCUT2D eigenvalue weighted by Gasteiger charge is -2.37. The zero-order chi connectivity index (χ0) is 12.7. The minimum atomic E-state index is -1.51. The van der Waals surface area contributed by atoms with Crippen molar-refractivity contribution in [1.29, 1.82) is 0 Å². The first-order chi connectivity index (χ1) is 8.21. The summed E-state index contributed by atoms with van der Waals surface area (Å²) in [5.41, 5.74) is 0. The Bertz CT molecular complexity index is 190. The highest BCUT2D eigenvalue weighted by molar-refractivity contribution is 6.73. The fourth-order valence-corrected chi connectivity index (χ4v) is 5.77. The van der Waals surface area contributed by atoms with Crippen molar-refractivity contribution in [3.05, 3.63) is 0 Å². The topological polar surface area (TPSA) is 18.5 Å². The smallest absolute Gasteiger partial charge is 0.195 e. The van der Waals surface area contributed by atoms with Gasteiger partial charge in [-0.25, -0.2) is 0 Å². The van der Waals surface area contributed by atoms with Crippen molar-refractivity contribution in [3.63, 3.8) is 0 Å². The molecule has 1 atom stereocenters. The van der Waals surface area contributed by atoms with E-state index in [1.54, 1.807) is 0 Å². The summed E-state index contributed by atoms with van der Waals surface area (Å²) in [4.78, 5) is 0. The minimum Gasteiger partial charge on any atom is -0.392 e. The Labute approximate surface area is 108 Å². The average Bonchev–Trinajstić information content (AvgIpc) is 2.42. The van der Waals surface area contributed by atoms with E-state index in [-0.39, 0.29) is 6.29 Å². The third-order valence-corrected chi connectivity index (χ3v) is 9.16. The van der Waals surface area contributed by atoms with Crippen molar-refractivity contribution in [2.45, 2.75) is 77.3 Å². The van der Waals surface area contributed by atoms with E-state index in [4.69, 9.17) is 9.16 Å². The van der Waals surface area contributed by atoms with Gasteiger partial charge in [-0.1, -0.05) is 40.0 Å². The van der Waals surface area contributed by atoms with Crippen molar-refractivity contribution in [3.8, 4) is 0 Å². The maximum absolute atomic E-state index is 6.49. The standard InChI is InChI=1S/C14H30O2Si/c1-5-17(6-2,7-3)16-14(15-4)13-11-9-8-10-12-13/h13-14H,5-12H2,1-4H3. The molecule has 1 aliphatic carbocycles. The van der Waals surface area contributed by atoms with Crippen LogP contribution in [-0.2, 0) is 9.16 Å². The second-order valence-corrected chi connectivity index (χ2v) is 10.1. The Morgan fingerprint density at radius 3 is 1.94 bits per heavy atom. The Morgan fingerprint density at radius 1 is 1.00 bits per heavy atom. The maximum Gasteiger partial charge on any atom is 0.195 e. The second-order valence-electron chi connectivity index (χ2n) is 5.36. The molecule has 0 bridgehead atoms. The molecule has 0 saturated heterocycles. The molecule has 0 aromatic heterocycles. The summed E-state index contributed by atoms with van der Waals surface area (Å²) in [7, 11) is 0.308. The monoisotopic (exact) mass is 258 g/mol. The lowest BCUT2D eigenvalue weighted by Crippen LogP contribution is -2.43. The number of hydrogen-bond acceptors (Lipinski definition) is 2. The summed E-state index contributed by atoms with van der Waals surface area (Å²) in [5, 5.41) is 0. The minimum absolute atomic E-state index is 0.0711. The van der Waals surface area contributed by atoms with E-state index in [1.807, 2.05) is 7.11 Å². The van der Waals surface area contributed by atoms with E-state index in [2.05, 4.69) is 20.8 Å². The molecule has 0 N–H and O–H groups in total. The van der Waals surface area contributed by atoms with Gasteiger partial charge in [0, 0.05) is 13.0 Å². The largest absolute Gasteiger partial charge is 0.392 e. The fraction of sp³-hybridized carbons (Fsp3) is 1.00. The van der Waals surface area contributed by atoms with Crippen molar-refractivity contribution in [2.75, 3.05) is 7.11 Å². The van der Waals surface area contributed by atoms with Gasteiger partial charge < -0.3 is 9.16 Å². The molecule has 0 heterocycles. The highest BCUT2D eigenvalue weighted by atomic mass is 28.4. The molecule has 0 radical (unpaired) electrons. The van der Waals surface area contributed by atoms with E-state index in [0.29, 0.717) is 5.92 Å². The Kier molecular flexibility index (Phi) is 6.74. The molecule has 2 nitrogen and oxygen atoms in total. The molecule has 1 fully saturated rings. The van der Waals surface area contributed by atoms with Gasteiger partial charge in [-0.05, 0) is 31.0 Å². The van der Waals surface area contributed by atoms with Crippen molar-refractivity contribution in [2.24, 2.45) is 5.92 Å². The van der Waals surface area contributed by atoms with Gasteiger partial charge in [0.2, 0.25) is 0 Å². The zero-order valence-corrected chi connectivity index (χ0v) is 13.1. The Morgan fingerprint density at radius 2 is 1.53 bits per heavy atom. The van der Waals surface area contributed by atoms with Crippen LogP contribution in [0.25, 0.3) is 0 Å². The third kappa shape index (κ3) is 4.07. The summed E-state index contributed by atoms with van der Waals surface area (Å²) in [6, 6.07) is 3.64. The summed E-state index contributed by atoms with van der Waals surface area (Å²) in [5.74, 6) is 0.644. The average molecular weight is 258 g/mol. The van der Waals surface area contributed by atoms with Crippen LogP contribution in [0, 0.1) is 5.92 Å². The van der Waals surface area contributed by atoms with Crippen LogP contribution in [0.15, 0.2) is 0 Å². The van der Waals surface area contributed by atoms with Gasteiger partial charge in [0.05, 0.1) is 0 Å². The SMILES string of the molecule is CC[Si](CC)(CC)OC(OC)C1CCCCC1. The van der Waals surface area contributed by atoms with Crippen LogP contribution in [0.3, 0.4) is 0 Å². The normalized spacial score (nSPS) is 20.5. The van der Waals surface area contributed by atoms with Crippen LogP contribution in [0.1, 0.15) is 52.9 Å². The molecule has 102 valence electrons. The molecule has 3 heteroatoms. The van der Waals surface area contributed by atoms with Crippen LogP contribution in [-0.4, -0.2) is 21.7 Å². The van der Waals surface area contributed by atoms with Crippen molar-refractivity contribution in [1.82, 2.24) is 0 Å². The molecule has 1 saturated carbocycles. The lowest BCUT2D eigenvalue weighted by molar-refractivity contribution is -0.108. The van der Waals surface area contributed by atoms with Gasteiger partial charge >= 0.3 is 0 Å². The van der Waals surface area contributed by atoms with Gasteiger partial charge in [-0.2, -0.15) is 0 Å². The summed E-state index contributed by atoms with van der Waals surface area (Å²) >= 11 is 0. The molecular formula is C14H30O2Si. The van der Waals surface area contributed by atoms with Crippen LogP contribution in [0.5, 0.6) is 0 Å². The van der Waals surface area contributed by atoms with Gasteiger partial charge in [0.1, 0.15) is 6.29 Å². The van der Waals surface area contributed by atoms with Gasteiger partial charge in [0.15, 0.2) is 8.32 Å². The van der Waals surface area contributed by atoms with Crippen LogP contribution in [0.2, 0.25) is 18.1 Å². The highest BCUT2D eigenvalue weighted by Crippen LogP contribution is 2.32. The fourth-order valence-electron chi connectivity index (χ4n) is 2.99. The number of methoxy groups -OCH3 is 1. The number of hydrogen-bond donors (Lipinski definition) is 0. The first-order valence-corrected chi connectivity index (χ1v) is 9.95. The third-order valence-electron chi connectivity index (χ3n) is 4.57. The summed E-state index contributed by atoms with van der Waals surface area (Å²) in [6.07, 6.45) is 6.76. The van der Waals surface area contributed by atoms with E-state index in [1.165, 1.54) is 50.2 Å². The van der Waals surface area contributed by atoms with Crippen molar-refractivity contribution >= 4 is 8.32 Å². The molecule has 1 unspecified atom stereocenters. The summed E-state index contributed by atoms with van der Waals surface area (Å²) < 4.78 is 12.2. The molecular weight excluding hydrogens is 228 g/mol. The molecule has 1 aliphatic rings. The molecule has 0 aromatic rings. The molecule has 0 aliphatic heterocycles. The second kappa shape index (κ2) is 7.55. The van der Waals surface area contributed by atoms with E-state index >= 15 is 0 Å². The lowest BCUT2D eigenvalue weighted by atomic mass is 9.89. The Hall–Kier alpha value is 0.137. The molecule has 0 aromatic carbocycles. The van der Waals surface area contributed by atoms with Crippen LogP contribution >= 0.6 is 0 Å². The zero-order valence-electron chi connectivity index (χ0n) is 12.1. The predicted octanol–water partition coefficient (Wildman–Crippen LogP) is 4.56. The van der Waals surface area contributed by atoms with E-state index in [9.17, 15) is 0 Å². The van der Waals surface area contributed by atoms with Gasteiger partial charge in [0.25, 0.3) is 0 Å². The van der Waals surface area contributed by atoms with E-state index in [0.717, 1.165) is 0 Å². The first-order valence-electron chi connectivity index (χ1n) is 7.42. The van der Waals surface area contributed by atoms with E-state index < -0.39 is 8.32 Å².